The SMILES string of the molecule is CC1(C)CC(=O)C2=C(C1)Nc1c(N=Nc3ccc(Cl)cc3)c(=O)[nH]n1C2c1ccc(Cl)cc1. The quantitative estimate of drug-likeness (QED) is 0.415. The lowest BCUT2D eigenvalue weighted by Crippen LogP contribution is -2.36. The van der Waals surface area contributed by atoms with Crippen LogP contribution in [0.15, 0.2) is 74.8 Å². The highest BCUT2D eigenvalue weighted by atomic mass is 35.5. The van der Waals surface area contributed by atoms with Gasteiger partial charge in [0.1, 0.15) is 6.04 Å². The van der Waals surface area contributed by atoms with Crippen LogP contribution in [0.1, 0.15) is 38.3 Å². The molecule has 9 heteroatoms. The molecule has 2 aliphatic rings. The molecule has 2 aromatic carbocycles. The van der Waals surface area contributed by atoms with Gasteiger partial charge in [-0.1, -0.05) is 49.2 Å². The Labute approximate surface area is 200 Å². The fraction of sp³-hybridized carbons (Fsp3) is 0.250. The summed E-state index contributed by atoms with van der Waals surface area (Å²) in [6.45, 7) is 4.13. The molecule has 1 unspecified atom stereocenters. The first kappa shape index (κ1) is 21.7. The van der Waals surface area contributed by atoms with Crippen LogP contribution in [0.3, 0.4) is 0 Å². The minimum absolute atomic E-state index is 0.0539. The fourth-order valence-electron chi connectivity index (χ4n) is 4.46. The van der Waals surface area contributed by atoms with Gasteiger partial charge in [0.05, 0.1) is 5.69 Å². The third kappa shape index (κ3) is 4.03. The van der Waals surface area contributed by atoms with Gasteiger partial charge in [0.2, 0.25) is 0 Å². The standard InChI is InChI=1S/C24H21Cl2N5O2/c1-24(2)11-17-19(18(32)12-24)21(13-3-5-14(25)6-4-13)31-22(27-17)20(23(33)30-31)29-28-16-9-7-15(26)8-10-16/h3-10,21,27H,11-12H2,1-2H3,(H,30,33). The molecular formula is C24H21Cl2N5O2. The minimum Gasteiger partial charge on any atom is -0.342 e. The van der Waals surface area contributed by atoms with Crippen molar-refractivity contribution in [2.75, 3.05) is 5.32 Å². The normalized spacial score (nSPS) is 19.4. The van der Waals surface area contributed by atoms with Gasteiger partial charge in [0.25, 0.3) is 5.56 Å². The number of nitrogens with zero attached hydrogens (tertiary/aromatic N) is 3. The topological polar surface area (TPSA) is 91.6 Å². The number of allylic oxidation sites excluding steroid dienone is 2. The number of rotatable bonds is 3. The van der Waals surface area contributed by atoms with E-state index in [0.717, 1.165) is 11.3 Å². The van der Waals surface area contributed by atoms with Crippen molar-refractivity contribution in [1.29, 1.82) is 0 Å². The third-order valence-corrected chi connectivity index (χ3v) is 6.40. The van der Waals surface area contributed by atoms with Crippen molar-refractivity contribution in [2.45, 2.75) is 32.7 Å². The zero-order valence-electron chi connectivity index (χ0n) is 18.0. The molecule has 0 saturated carbocycles. The lowest BCUT2D eigenvalue weighted by atomic mass is 9.73. The molecule has 0 spiro atoms. The van der Waals surface area contributed by atoms with Crippen LogP contribution < -0.4 is 10.9 Å². The summed E-state index contributed by atoms with van der Waals surface area (Å²) in [6.07, 6.45) is 1.10. The summed E-state index contributed by atoms with van der Waals surface area (Å²) in [5, 5.41) is 15.8. The van der Waals surface area contributed by atoms with E-state index in [2.05, 4.69) is 34.5 Å². The van der Waals surface area contributed by atoms with Crippen molar-refractivity contribution in [2.24, 2.45) is 15.6 Å². The Hall–Kier alpha value is -3.16. The van der Waals surface area contributed by atoms with Gasteiger partial charge in [-0.25, -0.2) is 0 Å². The lowest BCUT2D eigenvalue weighted by Gasteiger charge is -2.39. The summed E-state index contributed by atoms with van der Waals surface area (Å²) in [5.74, 6) is 0.528. The van der Waals surface area contributed by atoms with E-state index in [-0.39, 0.29) is 16.9 Å². The molecule has 1 aliphatic heterocycles. The molecule has 0 bridgehead atoms. The van der Waals surface area contributed by atoms with Crippen molar-refractivity contribution in [3.05, 3.63) is 85.8 Å². The molecule has 0 radical (unpaired) electrons. The number of halogens is 2. The number of nitrogens with one attached hydrogen (secondary N) is 2. The molecule has 5 rings (SSSR count). The van der Waals surface area contributed by atoms with Crippen molar-refractivity contribution < 1.29 is 4.79 Å². The highest BCUT2D eigenvalue weighted by Gasteiger charge is 2.42. The first-order valence-corrected chi connectivity index (χ1v) is 11.3. The molecular weight excluding hydrogens is 461 g/mol. The van der Waals surface area contributed by atoms with Gasteiger partial charge in [0.15, 0.2) is 17.3 Å². The first-order chi connectivity index (χ1) is 15.7. The fourth-order valence-corrected chi connectivity index (χ4v) is 4.71. The first-order valence-electron chi connectivity index (χ1n) is 10.5. The average molecular weight is 482 g/mol. The van der Waals surface area contributed by atoms with Crippen LogP contribution in [0.4, 0.5) is 17.2 Å². The number of azo groups is 1. The Balaban J connectivity index is 1.65. The molecule has 33 heavy (non-hydrogen) atoms. The van der Waals surface area contributed by atoms with Crippen molar-refractivity contribution in [3.8, 4) is 0 Å². The van der Waals surface area contributed by atoms with E-state index >= 15 is 0 Å². The third-order valence-electron chi connectivity index (χ3n) is 5.90. The molecule has 2 heterocycles. The van der Waals surface area contributed by atoms with E-state index in [4.69, 9.17) is 23.2 Å². The van der Waals surface area contributed by atoms with Crippen LogP contribution in [0.5, 0.6) is 0 Å². The minimum atomic E-state index is -0.496. The van der Waals surface area contributed by atoms with Gasteiger partial charge in [-0.2, -0.15) is 5.11 Å². The highest BCUT2D eigenvalue weighted by Crippen LogP contribution is 2.47. The van der Waals surface area contributed by atoms with Crippen molar-refractivity contribution in [3.63, 3.8) is 0 Å². The van der Waals surface area contributed by atoms with Gasteiger partial charge in [0, 0.05) is 27.7 Å². The Bertz CT molecular complexity index is 1370. The van der Waals surface area contributed by atoms with Crippen LogP contribution >= 0.6 is 23.2 Å². The number of aromatic amines is 1. The van der Waals surface area contributed by atoms with Crippen LogP contribution in [0, 0.1) is 5.41 Å². The van der Waals surface area contributed by atoms with Gasteiger partial charge < -0.3 is 5.32 Å². The number of carbonyl (C=O) groups is 1. The van der Waals surface area contributed by atoms with E-state index in [0.29, 0.717) is 40.0 Å². The van der Waals surface area contributed by atoms with Crippen LogP contribution in [-0.2, 0) is 4.79 Å². The number of hydrogen-bond donors (Lipinski definition) is 2. The summed E-state index contributed by atoms with van der Waals surface area (Å²) in [7, 11) is 0. The number of hydrogen-bond acceptors (Lipinski definition) is 5. The van der Waals surface area contributed by atoms with Gasteiger partial charge in [-0.05, 0) is 53.8 Å². The number of carbonyl (C=O) groups excluding carboxylic acids is 1. The van der Waals surface area contributed by atoms with E-state index in [1.54, 1.807) is 41.1 Å². The molecule has 1 aromatic heterocycles. The maximum absolute atomic E-state index is 13.3. The van der Waals surface area contributed by atoms with Gasteiger partial charge in [-0.3, -0.25) is 19.4 Å². The molecule has 1 atom stereocenters. The second-order valence-corrected chi connectivity index (χ2v) is 9.97. The molecule has 0 fully saturated rings. The number of ketones is 1. The molecule has 0 amide bonds. The number of fused-ring (bicyclic) bond motifs is 1. The zero-order chi connectivity index (χ0) is 23.3. The van der Waals surface area contributed by atoms with E-state index in [1.165, 1.54) is 0 Å². The lowest BCUT2D eigenvalue weighted by molar-refractivity contribution is -0.118. The number of aromatic nitrogens is 2. The number of benzene rings is 2. The summed E-state index contributed by atoms with van der Waals surface area (Å²) < 4.78 is 1.66. The Morgan fingerprint density at radius 2 is 1.58 bits per heavy atom. The predicted molar refractivity (Wildman–Crippen MR) is 129 cm³/mol. The second-order valence-electron chi connectivity index (χ2n) is 9.10. The summed E-state index contributed by atoms with van der Waals surface area (Å²) in [6, 6.07) is 13.6. The Morgan fingerprint density at radius 3 is 2.24 bits per heavy atom. The highest BCUT2D eigenvalue weighted by molar-refractivity contribution is 6.30. The van der Waals surface area contributed by atoms with Crippen LogP contribution in [0.2, 0.25) is 10.0 Å². The van der Waals surface area contributed by atoms with E-state index in [1.807, 2.05) is 12.1 Å². The second kappa shape index (κ2) is 8.01. The Morgan fingerprint density at radius 1 is 0.939 bits per heavy atom. The number of Topliss-reactive ketones (excluding diaryl/α,β-unsaturated/α-hetero) is 1. The summed E-state index contributed by atoms with van der Waals surface area (Å²) in [4.78, 5) is 26.2. The number of anilines is 1. The summed E-state index contributed by atoms with van der Waals surface area (Å²) >= 11 is 12.0. The van der Waals surface area contributed by atoms with Crippen LogP contribution in [0.25, 0.3) is 0 Å². The Kier molecular flexibility index (Phi) is 5.26. The maximum Gasteiger partial charge on any atom is 0.294 e. The molecule has 1 aliphatic carbocycles. The predicted octanol–water partition coefficient (Wildman–Crippen LogP) is 6.56. The molecule has 2 N–H and O–H groups in total. The zero-order valence-corrected chi connectivity index (χ0v) is 19.5. The van der Waals surface area contributed by atoms with Gasteiger partial charge in [-0.15, -0.1) is 5.11 Å². The van der Waals surface area contributed by atoms with E-state index in [9.17, 15) is 9.59 Å². The average Bonchev–Trinajstić information content (AvgIpc) is 3.06. The maximum atomic E-state index is 13.3. The molecule has 7 nitrogen and oxygen atoms in total. The smallest absolute Gasteiger partial charge is 0.294 e. The number of H-pyrrole nitrogens is 1. The van der Waals surface area contributed by atoms with Crippen LogP contribution in [-0.4, -0.2) is 15.6 Å². The van der Waals surface area contributed by atoms with E-state index < -0.39 is 11.6 Å². The molecule has 168 valence electrons. The molecule has 0 saturated heterocycles. The van der Waals surface area contributed by atoms with Gasteiger partial charge >= 0.3 is 0 Å². The molecule has 3 aromatic rings. The van der Waals surface area contributed by atoms with Crippen molar-refractivity contribution >= 4 is 46.2 Å². The van der Waals surface area contributed by atoms with Crippen molar-refractivity contribution in [1.82, 2.24) is 9.78 Å². The largest absolute Gasteiger partial charge is 0.342 e. The summed E-state index contributed by atoms with van der Waals surface area (Å²) in [5.41, 5.74) is 2.41. The monoisotopic (exact) mass is 481 g/mol.